The van der Waals surface area contributed by atoms with E-state index in [0.29, 0.717) is 40.6 Å². The summed E-state index contributed by atoms with van der Waals surface area (Å²) in [6.45, 7) is 5.04. The molecule has 0 N–H and O–H groups in total. The molecule has 0 bridgehead atoms. The zero-order valence-corrected chi connectivity index (χ0v) is 18.9. The molecule has 0 saturated carbocycles. The highest BCUT2D eigenvalue weighted by atomic mass is 35.5. The van der Waals surface area contributed by atoms with Gasteiger partial charge in [0.1, 0.15) is 5.70 Å². The van der Waals surface area contributed by atoms with Crippen LogP contribution in [0.3, 0.4) is 0 Å². The molecule has 2 aliphatic heterocycles. The summed E-state index contributed by atoms with van der Waals surface area (Å²) in [7, 11) is 3.89. The molecular formula is C24H26ClN3O3. The maximum absolute atomic E-state index is 13.6. The highest BCUT2D eigenvalue weighted by Gasteiger charge is 2.43. The van der Waals surface area contributed by atoms with Crippen molar-refractivity contribution in [3.8, 4) is 0 Å². The summed E-state index contributed by atoms with van der Waals surface area (Å²) in [5.74, 6) is -0.638. The van der Waals surface area contributed by atoms with Gasteiger partial charge in [0.25, 0.3) is 11.8 Å². The molecule has 7 heteroatoms. The largest absolute Gasteiger partial charge is 0.378 e. The second-order valence-electron chi connectivity index (χ2n) is 8.25. The molecule has 162 valence electrons. The van der Waals surface area contributed by atoms with E-state index in [0.717, 1.165) is 5.69 Å². The Bertz CT molecular complexity index is 1020. The van der Waals surface area contributed by atoms with Crippen LogP contribution in [0.5, 0.6) is 0 Å². The number of carbonyl (C=O) groups is 2. The van der Waals surface area contributed by atoms with Crippen LogP contribution in [0.4, 0.5) is 11.4 Å². The van der Waals surface area contributed by atoms with Crippen LogP contribution in [0, 0.1) is 0 Å². The second-order valence-corrected chi connectivity index (χ2v) is 8.69. The number of morpholine rings is 1. The lowest BCUT2D eigenvalue weighted by atomic mass is 10.0. The van der Waals surface area contributed by atoms with Crippen LogP contribution < -0.4 is 9.80 Å². The fourth-order valence-corrected chi connectivity index (χ4v) is 4.31. The van der Waals surface area contributed by atoms with Gasteiger partial charge in [-0.05, 0) is 55.8 Å². The van der Waals surface area contributed by atoms with Gasteiger partial charge in [0.05, 0.1) is 23.5 Å². The zero-order chi connectivity index (χ0) is 22.3. The van der Waals surface area contributed by atoms with Crippen molar-refractivity contribution in [3.05, 3.63) is 64.8 Å². The van der Waals surface area contributed by atoms with E-state index >= 15 is 0 Å². The van der Waals surface area contributed by atoms with Gasteiger partial charge in [-0.15, -0.1) is 0 Å². The van der Waals surface area contributed by atoms with Crippen molar-refractivity contribution in [1.82, 2.24) is 4.90 Å². The summed E-state index contributed by atoms with van der Waals surface area (Å²) in [6, 6.07) is 14.4. The molecule has 31 heavy (non-hydrogen) atoms. The minimum atomic E-state index is -0.327. The number of imide groups is 1. The highest BCUT2D eigenvalue weighted by molar-refractivity contribution is 6.45. The van der Waals surface area contributed by atoms with E-state index in [1.807, 2.05) is 49.9 Å². The molecule has 2 heterocycles. The van der Waals surface area contributed by atoms with Crippen molar-refractivity contribution in [2.45, 2.75) is 26.1 Å². The lowest BCUT2D eigenvalue weighted by Gasteiger charge is -2.37. The van der Waals surface area contributed by atoms with Crippen LogP contribution in [-0.4, -0.2) is 56.1 Å². The Hall–Kier alpha value is -2.83. The standard InChI is InChI=1S/C24H26ClN3O3/c1-15-13-27(14-16(2)31-15)22-21(17-5-7-18(25)8-6-17)23(29)28(24(22)30)20-11-9-19(10-12-20)26(3)4/h5-12,15-16H,13-14H2,1-4H3. The van der Waals surface area contributed by atoms with Gasteiger partial charge in [-0.2, -0.15) is 0 Å². The van der Waals surface area contributed by atoms with Gasteiger partial charge in [0.15, 0.2) is 0 Å². The van der Waals surface area contributed by atoms with E-state index in [-0.39, 0.29) is 24.0 Å². The summed E-state index contributed by atoms with van der Waals surface area (Å²) in [4.78, 5) is 32.4. The monoisotopic (exact) mass is 439 g/mol. The molecule has 4 rings (SSSR count). The second kappa shape index (κ2) is 8.36. The maximum atomic E-state index is 13.6. The fraction of sp³-hybridized carbons (Fsp3) is 0.333. The van der Waals surface area contributed by atoms with Gasteiger partial charge in [-0.1, -0.05) is 23.7 Å². The molecular weight excluding hydrogens is 414 g/mol. The molecule has 2 atom stereocenters. The van der Waals surface area contributed by atoms with Crippen molar-refractivity contribution in [2.24, 2.45) is 0 Å². The predicted molar refractivity (Wildman–Crippen MR) is 123 cm³/mol. The van der Waals surface area contributed by atoms with Gasteiger partial charge in [-0.3, -0.25) is 9.59 Å². The van der Waals surface area contributed by atoms with Gasteiger partial charge in [-0.25, -0.2) is 4.90 Å². The van der Waals surface area contributed by atoms with Crippen molar-refractivity contribution < 1.29 is 14.3 Å². The van der Waals surface area contributed by atoms with Gasteiger partial charge >= 0.3 is 0 Å². The molecule has 2 amide bonds. The van der Waals surface area contributed by atoms with E-state index in [1.165, 1.54) is 4.90 Å². The Kier molecular flexibility index (Phi) is 5.77. The molecule has 0 spiro atoms. The molecule has 1 fully saturated rings. The molecule has 0 aromatic heterocycles. The predicted octanol–water partition coefficient (Wildman–Crippen LogP) is 3.80. The third kappa shape index (κ3) is 4.05. The smallest absolute Gasteiger partial charge is 0.282 e. The van der Waals surface area contributed by atoms with Crippen molar-refractivity contribution in [3.63, 3.8) is 0 Å². The summed E-state index contributed by atoms with van der Waals surface area (Å²) in [5, 5.41) is 0.576. The summed E-state index contributed by atoms with van der Waals surface area (Å²) >= 11 is 6.06. The number of carbonyl (C=O) groups excluding carboxylic acids is 2. The first-order chi connectivity index (χ1) is 14.8. The van der Waals surface area contributed by atoms with E-state index in [1.54, 1.807) is 36.4 Å². The van der Waals surface area contributed by atoms with Crippen LogP contribution in [0.25, 0.3) is 5.57 Å². The normalized spacial score (nSPS) is 21.8. The number of amides is 2. The summed E-state index contributed by atoms with van der Waals surface area (Å²) < 4.78 is 5.85. The lowest BCUT2D eigenvalue weighted by Crippen LogP contribution is -2.47. The van der Waals surface area contributed by atoms with Gasteiger partial charge in [0, 0.05) is 37.9 Å². The molecule has 0 radical (unpaired) electrons. The average Bonchev–Trinajstić information content (AvgIpc) is 2.98. The summed E-state index contributed by atoms with van der Waals surface area (Å²) in [5.41, 5.74) is 3.05. The fourth-order valence-electron chi connectivity index (χ4n) is 4.18. The van der Waals surface area contributed by atoms with Crippen LogP contribution in [-0.2, 0) is 14.3 Å². The molecule has 2 aliphatic rings. The minimum absolute atomic E-state index is 0.0426. The average molecular weight is 440 g/mol. The number of benzene rings is 2. The number of anilines is 2. The quantitative estimate of drug-likeness (QED) is 0.678. The first-order valence-electron chi connectivity index (χ1n) is 10.3. The Labute approximate surface area is 187 Å². The Morgan fingerprint density at radius 2 is 1.48 bits per heavy atom. The first kappa shape index (κ1) is 21.4. The molecule has 0 aliphatic carbocycles. The number of hydrogen-bond acceptors (Lipinski definition) is 5. The van der Waals surface area contributed by atoms with Gasteiger partial charge in [0.2, 0.25) is 0 Å². The molecule has 2 aromatic rings. The first-order valence-corrected chi connectivity index (χ1v) is 10.7. The molecule has 6 nitrogen and oxygen atoms in total. The van der Waals surface area contributed by atoms with E-state index in [4.69, 9.17) is 16.3 Å². The van der Waals surface area contributed by atoms with Crippen LogP contribution in [0.2, 0.25) is 5.02 Å². The Morgan fingerprint density at radius 1 is 0.903 bits per heavy atom. The minimum Gasteiger partial charge on any atom is -0.378 e. The van der Waals surface area contributed by atoms with E-state index in [2.05, 4.69) is 0 Å². The van der Waals surface area contributed by atoms with Crippen LogP contribution in [0.1, 0.15) is 19.4 Å². The Morgan fingerprint density at radius 3 is 2.03 bits per heavy atom. The number of ether oxygens (including phenoxy) is 1. The van der Waals surface area contributed by atoms with Crippen LogP contribution in [0.15, 0.2) is 54.2 Å². The van der Waals surface area contributed by atoms with Gasteiger partial charge < -0.3 is 14.5 Å². The third-order valence-corrected chi connectivity index (χ3v) is 5.80. The zero-order valence-electron chi connectivity index (χ0n) is 18.1. The highest BCUT2D eigenvalue weighted by Crippen LogP contribution is 2.36. The number of hydrogen-bond donors (Lipinski definition) is 0. The summed E-state index contributed by atoms with van der Waals surface area (Å²) in [6.07, 6.45) is -0.0851. The van der Waals surface area contributed by atoms with Crippen molar-refractivity contribution in [1.29, 1.82) is 0 Å². The lowest BCUT2D eigenvalue weighted by molar-refractivity contribution is -0.121. The van der Waals surface area contributed by atoms with Crippen LogP contribution >= 0.6 is 11.6 Å². The van der Waals surface area contributed by atoms with Crippen molar-refractivity contribution in [2.75, 3.05) is 37.0 Å². The molecule has 2 unspecified atom stereocenters. The van der Waals surface area contributed by atoms with E-state index in [9.17, 15) is 9.59 Å². The molecule has 1 saturated heterocycles. The topological polar surface area (TPSA) is 53.1 Å². The number of rotatable bonds is 4. The maximum Gasteiger partial charge on any atom is 0.282 e. The van der Waals surface area contributed by atoms with Crippen molar-refractivity contribution >= 4 is 40.4 Å². The SMILES string of the molecule is CC1CN(C2=C(c3ccc(Cl)cc3)C(=O)N(c3ccc(N(C)C)cc3)C2=O)CC(C)O1. The Balaban J connectivity index is 1.79. The van der Waals surface area contributed by atoms with E-state index < -0.39 is 0 Å². The number of nitrogens with zero attached hydrogens (tertiary/aromatic N) is 3. The molecule has 2 aromatic carbocycles. The third-order valence-electron chi connectivity index (χ3n) is 5.55. The number of halogens is 1.